The van der Waals surface area contributed by atoms with Crippen LogP contribution in [0.3, 0.4) is 0 Å². The zero-order chi connectivity index (χ0) is 15.7. The number of para-hydroxylation sites is 1. The van der Waals surface area contributed by atoms with E-state index < -0.39 is 11.9 Å². The Bertz CT molecular complexity index is 880. The lowest BCUT2D eigenvalue weighted by Gasteiger charge is -2.09. The number of nitrogens with two attached hydrogens (primary N) is 1. The molecule has 2 aromatic carbocycles. The van der Waals surface area contributed by atoms with Gasteiger partial charge in [-0.25, -0.2) is 4.79 Å². The summed E-state index contributed by atoms with van der Waals surface area (Å²) < 4.78 is 1.80. The summed E-state index contributed by atoms with van der Waals surface area (Å²) in [7, 11) is 0. The minimum Gasteiger partial charge on any atom is -0.478 e. The number of aromatic carboxylic acids is 1. The number of hydrogen-bond donors (Lipinski definition) is 2. The molecule has 0 radical (unpaired) electrons. The number of carboxylic acid groups (broad SMARTS) is 1. The van der Waals surface area contributed by atoms with Crippen molar-refractivity contribution in [2.45, 2.75) is 6.54 Å². The first-order chi connectivity index (χ1) is 10.6. The van der Waals surface area contributed by atoms with Crippen LogP contribution >= 0.6 is 0 Å². The summed E-state index contributed by atoms with van der Waals surface area (Å²) >= 11 is 0. The number of carbonyl (C=O) groups is 2. The van der Waals surface area contributed by atoms with Gasteiger partial charge >= 0.3 is 5.97 Å². The Morgan fingerprint density at radius 2 is 1.82 bits per heavy atom. The van der Waals surface area contributed by atoms with Gasteiger partial charge in [0.05, 0.1) is 5.56 Å². The molecule has 0 aliphatic carbocycles. The molecule has 5 heteroatoms. The quantitative estimate of drug-likeness (QED) is 0.775. The number of carboxylic acids is 1. The lowest BCUT2D eigenvalue weighted by molar-refractivity contribution is 0.0696. The van der Waals surface area contributed by atoms with Gasteiger partial charge < -0.3 is 15.4 Å². The van der Waals surface area contributed by atoms with Crippen molar-refractivity contribution < 1.29 is 14.7 Å². The molecule has 0 saturated heterocycles. The van der Waals surface area contributed by atoms with Crippen LogP contribution in [-0.4, -0.2) is 21.6 Å². The molecule has 110 valence electrons. The third-order valence-electron chi connectivity index (χ3n) is 3.58. The Balaban J connectivity index is 2.10. The fourth-order valence-corrected chi connectivity index (χ4v) is 2.57. The predicted octanol–water partition coefficient (Wildman–Crippen LogP) is 2.49. The molecule has 0 spiro atoms. The van der Waals surface area contributed by atoms with Crippen LogP contribution in [0.25, 0.3) is 10.9 Å². The Labute approximate surface area is 126 Å². The molecule has 0 saturated carbocycles. The Hall–Kier alpha value is -3.08. The van der Waals surface area contributed by atoms with Gasteiger partial charge in [-0.1, -0.05) is 30.3 Å². The second-order valence-corrected chi connectivity index (χ2v) is 5.04. The number of nitrogens with zero attached hydrogens (tertiary/aromatic N) is 1. The van der Waals surface area contributed by atoms with Crippen molar-refractivity contribution >= 4 is 22.8 Å². The summed E-state index contributed by atoms with van der Waals surface area (Å²) in [6.07, 6.45) is 0. The van der Waals surface area contributed by atoms with E-state index in [1.807, 2.05) is 30.3 Å². The van der Waals surface area contributed by atoms with E-state index in [1.54, 1.807) is 22.8 Å². The zero-order valence-corrected chi connectivity index (χ0v) is 11.7. The van der Waals surface area contributed by atoms with Crippen LogP contribution in [0.4, 0.5) is 0 Å². The third kappa shape index (κ3) is 2.44. The second kappa shape index (κ2) is 5.37. The highest BCUT2D eigenvalue weighted by Gasteiger charge is 2.13. The number of benzene rings is 2. The zero-order valence-electron chi connectivity index (χ0n) is 11.7. The van der Waals surface area contributed by atoms with Gasteiger partial charge in [0.2, 0.25) is 0 Å². The summed E-state index contributed by atoms with van der Waals surface area (Å²) in [5, 5.41) is 9.99. The van der Waals surface area contributed by atoms with Gasteiger partial charge in [0.25, 0.3) is 5.91 Å². The first-order valence-electron chi connectivity index (χ1n) is 6.76. The van der Waals surface area contributed by atoms with Crippen molar-refractivity contribution in [2.75, 3.05) is 0 Å². The number of hydrogen-bond acceptors (Lipinski definition) is 2. The monoisotopic (exact) mass is 294 g/mol. The summed E-state index contributed by atoms with van der Waals surface area (Å²) in [4.78, 5) is 22.7. The third-order valence-corrected chi connectivity index (χ3v) is 3.58. The van der Waals surface area contributed by atoms with Gasteiger partial charge in [0.1, 0.15) is 5.69 Å². The van der Waals surface area contributed by atoms with Crippen LogP contribution in [0.2, 0.25) is 0 Å². The topological polar surface area (TPSA) is 85.3 Å². The van der Waals surface area contributed by atoms with Gasteiger partial charge in [-0.15, -0.1) is 0 Å². The minimum atomic E-state index is -0.977. The molecule has 0 aliphatic heterocycles. The maximum Gasteiger partial charge on any atom is 0.335 e. The van der Waals surface area contributed by atoms with Crippen molar-refractivity contribution in [1.82, 2.24) is 4.57 Å². The van der Waals surface area contributed by atoms with E-state index in [2.05, 4.69) is 0 Å². The molecule has 22 heavy (non-hydrogen) atoms. The summed E-state index contributed by atoms with van der Waals surface area (Å²) in [5.41, 5.74) is 7.76. The lowest BCUT2D eigenvalue weighted by atomic mass is 10.1. The number of primary amides is 1. The van der Waals surface area contributed by atoms with Gasteiger partial charge in [-0.05, 0) is 29.8 Å². The molecule has 3 rings (SSSR count). The van der Waals surface area contributed by atoms with E-state index in [4.69, 9.17) is 10.8 Å². The maximum absolute atomic E-state index is 11.7. The van der Waals surface area contributed by atoms with Crippen LogP contribution in [0.15, 0.2) is 54.6 Å². The van der Waals surface area contributed by atoms with E-state index in [9.17, 15) is 9.59 Å². The van der Waals surface area contributed by atoms with Crippen LogP contribution in [-0.2, 0) is 6.54 Å². The Morgan fingerprint density at radius 3 is 2.55 bits per heavy atom. The second-order valence-electron chi connectivity index (χ2n) is 5.04. The number of rotatable bonds is 4. The highest BCUT2D eigenvalue weighted by atomic mass is 16.4. The normalized spacial score (nSPS) is 10.7. The van der Waals surface area contributed by atoms with E-state index in [0.29, 0.717) is 12.2 Å². The molecule has 5 nitrogen and oxygen atoms in total. The first kappa shape index (κ1) is 13.9. The molecule has 0 atom stereocenters. The maximum atomic E-state index is 11.7. The number of amides is 1. The van der Waals surface area contributed by atoms with E-state index in [-0.39, 0.29) is 5.56 Å². The standard InChI is InChI=1S/C17H14N2O3/c18-16(20)15-9-12-5-1-2-7-14(12)19(15)10-11-4-3-6-13(8-11)17(21)22/h1-9H,10H2,(H2,18,20)(H,21,22). The molecule has 3 N–H and O–H groups in total. The predicted molar refractivity (Wildman–Crippen MR) is 83.0 cm³/mol. The lowest BCUT2D eigenvalue weighted by Crippen LogP contribution is -2.17. The molecular weight excluding hydrogens is 280 g/mol. The smallest absolute Gasteiger partial charge is 0.335 e. The fourth-order valence-electron chi connectivity index (χ4n) is 2.57. The Kier molecular flexibility index (Phi) is 3.39. The fraction of sp³-hybridized carbons (Fsp3) is 0.0588. The first-order valence-corrected chi connectivity index (χ1v) is 6.76. The molecule has 1 amide bonds. The van der Waals surface area contributed by atoms with Gasteiger partial charge in [0.15, 0.2) is 0 Å². The molecule has 0 aliphatic rings. The molecule has 0 fully saturated rings. The molecule has 3 aromatic rings. The van der Waals surface area contributed by atoms with E-state index in [1.165, 1.54) is 6.07 Å². The number of carbonyl (C=O) groups excluding carboxylic acids is 1. The van der Waals surface area contributed by atoms with E-state index >= 15 is 0 Å². The molecule has 0 bridgehead atoms. The van der Waals surface area contributed by atoms with Gasteiger partial charge in [0, 0.05) is 17.4 Å². The van der Waals surface area contributed by atoms with Crippen LogP contribution in [0.5, 0.6) is 0 Å². The number of aromatic nitrogens is 1. The highest BCUT2D eigenvalue weighted by molar-refractivity contribution is 5.97. The van der Waals surface area contributed by atoms with Gasteiger partial charge in [-0.2, -0.15) is 0 Å². The Morgan fingerprint density at radius 1 is 1.05 bits per heavy atom. The molecular formula is C17H14N2O3. The SMILES string of the molecule is NC(=O)c1cc2ccccc2n1Cc1cccc(C(=O)O)c1. The molecule has 1 heterocycles. The van der Waals surface area contributed by atoms with Crippen molar-refractivity contribution in [2.24, 2.45) is 5.73 Å². The summed E-state index contributed by atoms with van der Waals surface area (Å²) in [6.45, 7) is 0.382. The van der Waals surface area contributed by atoms with Crippen molar-refractivity contribution in [1.29, 1.82) is 0 Å². The average molecular weight is 294 g/mol. The summed E-state index contributed by atoms with van der Waals surface area (Å²) in [5.74, 6) is -1.49. The minimum absolute atomic E-state index is 0.217. The van der Waals surface area contributed by atoms with Gasteiger partial charge in [-0.3, -0.25) is 4.79 Å². The van der Waals surface area contributed by atoms with Crippen molar-refractivity contribution in [3.05, 3.63) is 71.4 Å². The highest BCUT2D eigenvalue weighted by Crippen LogP contribution is 2.21. The largest absolute Gasteiger partial charge is 0.478 e. The van der Waals surface area contributed by atoms with Crippen molar-refractivity contribution in [3.8, 4) is 0 Å². The van der Waals surface area contributed by atoms with Crippen LogP contribution in [0, 0.1) is 0 Å². The number of fused-ring (bicyclic) bond motifs is 1. The van der Waals surface area contributed by atoms with Crippen molar-refractivity contribution in [3.63, 3.8) is 0 Å². The summed E-state index contributed by atoms with van der Waals surface area (Å²) in [6, 6.07) is 16.0. The van der Waals surface area contributed by atoms with Crippen LogP contribution in [0.1, 0.15) is 26.4 Å². The average Bonchev–Trinajstić information content (AvgIpc) is 2.87. The molecule has 1 aromatic heterocycles. The molecule has 0 unspecified atom stereocenters. The van der Waals surface area contributed by atoms with E-state index in [0.717, 1.165) is 16.5 Å². The van der Waals surface area contributed by atoms with Crippen LogP contribution < -0.4 is 5.73 Å².